The summed E-state index contributed by atoms with van der Waals surface area (Å²) >= 11 is 17.6. The van der Waals surface area contributed by atoms with E-state index in [-0.39, 0.29) is 11.4 Å². The summed E-state index contributed by atoms with van der Waals surface area (Å²) in [7, 11) is 1.76. The first kappa shape index (κ1) is 21.2. The highest BCUT2D eigenvalue weighted by Crippen LogP contribution is 2.41. The highest BCUT2D eigenvalue weighted by molar-refractivity contribution is 9.10. The number of aromatic nitrogens is 3. The second-order valence-corrected chi connectivity index (χ2v) is 9.08. The third-order valence-corrected chi connectivity index (χ3v) is 6.33. The first-order chi connectivity index (χ1) is 13.3. The van der Waals surface area contributed by atoms with Crippen LogP contribution in [0, 0.1) is 0 Å². The maximum absolute atomic E-state index is 14.5. The smallest absolute Gasteiger partial charge is 0.182 e. The van der Waals surface area contributed by atoms with E-state index in [0.29, 0.717) is 10.8 Å². The zero-order valence-electron chi connectivity index (χ0n) is 15.4. The number of thiophene rings is 1. The number of halogens is 4. The van der Waals surface area contributed by atoms with Crippen molar-refractivity contribution in [1.29, 1.82) is 0 Å². The van der Waals surface area contributed by atoms with E-state index in [9.17, 15) is 4.39 Å². The largest absolute Gasteiger partial charge is 0.248 e. The molecule has 0 bridgehead atoms. The summed E-state index contributed by atoms with van der Waals surface area (Å²) in [6, 6.07) is 9.89. The fourth-order valence-electron chi connectivity index (χ4n) is 2.68. The molecule has 146 valence electrons. The molecule has 0 N–H and O–H groups in total. The Bertz CT molecular complexity index is 1050. The van der Waals surface area contributed by atoms with Gasteiger partial charge in [0.15, 0.2) is 11.6 Å². The number of alkyl halides is 1. The van der Waals surface area contributed by atoms with Crippen LogP contribution in [0.4, 0.5) is 4.39 Å². The third-order valence-electron chi connectivity index (χ3n) is 3.99. The molecule has 0 fully saturated rings. The summed E-state index contributed by atoms with van der Waals surface area (Å²) in [5.74, 6) is 0.372. The van der Waals surface area contributed by atoms with E-state index in [1.807, 2.05) is 30.3 Å². The quantitative estimate of drug-likeness (QED) is 0.268. The highest BCUT2D eigenvalue weighted by Gasteiger charge is 2.22. The van der Waals surface area contributed by atoms with E-state index in [2.05, 4.69) is 26.0 Å². The molecule has 0 spiro atoms. The van der Waals surface area contributed by atoms with Crippen LogP contribution in [0.25, 0.3) is 26.7 Å². The number of hydrogen-bond acceptors (Lipinski definition) is 3. The van der Waals surface area contributed by atoms with Crippen LogP contribution in [0.3, 0.4) is 0 Å². The number of allylic oxidation sites excluding steroid dienone is 4. The Labute approximate surface area is 185 Å². The Morgan fingerprint density at radius 3 is 2.61 bits per heavy atom. The maximum atomic E-state index is 14.5. The molecule has 3 aromatic rings. The second kappa shape index (κ2) is 8.91. The Balaban J connectivity index is 2.06. The third kappa shape index (κ3) is 4.40. The summed E-state index contributed by atoms with van der Waals surface area (Å²) in [5.41, 5.74) is 1.31. The topological polar surface area (TPSA) is 30.7 Å². The van der Waals surface area contributed by atoms with Crippen molar-refractivity contribution in [3.8, 4) is 21.1 Å². The van der Waals surface area contributed by atoms with Crippen LogP contribution in [0.1, 0.15) is 19.7 Å². The molecule has 1 unspecified atom stereocenters. The molecule has 2 aromatic heterocycles. The van der Waals surface area contributed by atoms with Crippen molar-refractivity contribution >= 4 is 56.0 Å². The lowest BCUT2D eigenvalue weighted by atomic mass is 10.1. The molecule has 2 heterocycles. The summed E-state index contributed by atoms with van der Waals surface area (Å²) in [6.45, 7) is 3.43. The molecule has 3 nitrogen and oxygen atoms in total. The van der Waals surface area contributed by atoms with Gasteiger partial charge in [-0.05, 0) is 43.7 Å². The van der Waals surface area contributed by atoms with E-state index in [4.69, 9.17) is 23.2 Å². The van der Waals surface area contributed by atoms with Crippen LogP contribution in [-0.4, -0.2) is 20.1 Å². The van der Waals surface area contributed by atoms with Gasteiger partial charge in [0.25, 0.3) is 0 Å². The van der Waals surface area contributed by atoms with Crippen molar-refractivity contribution in [3.63, 3.8) is 0 Å². The summed E-state index contributed by atoms with van der Waals surface area (Å²) in [6.07, 6.45) is 2.97. The molecule has 1 aromatic carbocycles. The van der Waals surface area contributed by atoms with Crippen molar-refractivity contribution in [2.24, 2.45) is 7.05 Å². The van der Waals surface area contributed by atoms with Crippen molar-refractivity contribution in [1.82, 2.24) is 14.8 Å². The Morgan fingerprint density at radius 2 is 2.00 bits per heavy atom. The number of benzene rings is 1. The minimum atomic E-state index is -0.580. The van der Waals surface area contributed by atoms with Gasteiger partial charge in [-0.15, -0.1) is 22.9 Å². The lowest BCUT2D eigenvalue weighted by Crippen LogP contribution is -2.02. The monoisotopic (exact) mass is 499 g/mol. The Hall–Kier alpha value is -1.47. The van der Waals surface area contributed by atoms with Crippen LogP contribution in [0.15, 0.2) is 52.8 Å². The molecule has 28 heavy (non-hydrogen) atoms. The van der Waals surface area contributed by atoms with Gasteiger partial charge in [-0.2, -0.15) is 5.10 Å². The summed E-state index contributed by atoms with van der Waals surface area (Å²) < 4.78 is 17.1. The highest BCUT2D eigenvalue weighted by atomic mass is 79.9. The molecule has 0 aliphatic heterocycles. The van der Waals surface area contributed by atoms with Crippen LogP contribution < -0.4 is 0 Å². The molecule has 0 aliphatic rings. The van der Waals surface area contributed by atoms with E-state index >= 15 is 0 Å². The lowest BCUT2D eigenvalue weighted by Gasteiger charge is -2.05. The van der Waals surface area contributed by atoms with Gasteiger partial charge in [-0.1, -0.05) is 45.7 Å². The van der Waals surface area contributed by atoms with Gasteiger partial charge in [0.1, 0.15) is 5.83 Å². The molecule has 0 amide bonds. The minimum absolute atomic E-state index is 0.252. The van der Waals surface area contributed by atoms with Gasteiger partial charge in [0, 0.05) is 16.4 Å². The standard InChI is InChI=1S/C20H17BrCl2FN3S/c1-4-5-15(24)17(11(2)22)19-25-20(27(3)26-19)18-14(23)10-16(28-18)12-6-8-13(21)9-7-12/h4-11H,1-3H3/b5-4-,17-15-. The average molecular weight is 501 g/mol. The van der Waals surface area contributed by atoms with E-state index in [1.165, 1.54) is 17.4 Å². The van der Waals surface area contributed by atoms with Crippen LogP contribution in [0.5, 0.6) is 0 Å². The van der Waals surface area contributed by atoms with Gasteiger partial charge in [-0.3, -0.25) is 0 Å². The van der Waals surface area contributed by atoms with Crippen molar-refractivity contribution in [2.45, 2.75) is 19.2 Å². The first-order valence-electron chi connectivity index (χ1n) is 8.45. The molecule has 0 radical (unpaired) electrons. The zero-order chi connectivity index (χ0) is 20.4. The van der Waals surface area contributed by atoms with Gasteiger partial charge in [-0.25, -0.2) is 14.1 Å². The number of hydrogen-bond donors (Lipinski definition) is 0. The zero-order valence-corrected chi connectivity index (χ0v) is 19.3. The van der Waals surface area contributed by atoms with Crippen LogP contribution >= 0.6 is 50.5 Å². The summed E-state index contributed by atoms with van der Waals surface area (Å²) in [4.78, 5) is 6.33. The van der Waals surface area contributed by atoms with E-state index in [1.54, 1.807) is 31.7 Å². The normalized spacial score (nSPS) is 13.8. The van der Waals surface area contributed by atoms with Crippen molar-refractivity contribution < 1.29 is 4.39 Å². The lowest BCUT2D eigenvalue weighted by molar-refractivity contribution is 0.664. The maximum Gasteiger partial charge on any atom is 0.182 e. The van der Waals surface area contributed by atoms with E-state index < -0.39 is 11.2 Å². The molecular weight excluding hydrogens is 484 g/mol. The Kier molecular flexibility index (Phi) is 6.76. The molecule has 1 atom stereocenters. The van der Waals surface area contributed by atoms with Gasteiger partial charge < -0.3 is 0 Å². The van der Waals surface area contributed by atoms with Crippen molar-refractivity contribution in [3.05, 3.63) is 63.6 Å². The van der Waals surface area contributed by atoms with Crippen molar-refractivity contribution in [2.75, 3.05) is 0 Å². The SMILES string of the molecule is C/C=C\C(F)=C(\c1nc(-c2sc(-c3ccc(Br)cc3)cc2Cl)n(C)n1)C(C)Cl. The van der Waals surface area contributed by atoms with Gasteiger partial charge in [0.05, 0.1) is 20.8 Å². The molecule has 0 saturated heterocycles. The molecule has 8 heteroatoms. The fraction of sp³-hybridized carbons (Fsp3) is 0.200. The molecular formula is C20H17BrCl2FN3S. The minimum Gasteiger partial charge on any atom is -0.248 e. The number of rotatable bonds is 5. The number of aryl methyl sites for hydroxylation is 1. The predicted molar refractivity (Wildman–Crippen MR) is 121 cm³/mol. The fourth-order valence-corrected chi connectivity index (χ4v) is 4.60. The Morgan fingerprint density at radius 1 is 1.32 bits per heavy atom. The van der Waals surface area contributed by atoms with Gasteiger partial charge >= 0.3 is 0 Å². The van der Waals surface area contributed by atoms with Gasteiger partial charge in [0.2, 0.25) is 0 Å². The second-order valence-electron chi connectivity index (χ2n) is 6.05. The van der Waals surface area contributed by atoms with Crippen LogP contribution in [-0.2, 0) is 7.05 Å². The first-order valence-corrected chi connectivity index (χ1v) is 10.9. The molecule has 0 saturated carbocycles. The molecule has 0 aliphatic carbocycles. The summed E-state index contributed by atoms with van der Waals surface area (Å²) in [5, 5.41) is 4.37. The average Bonchev–Trinajstić information content (AvgIpc) is 3.18. The number of nitrogens with zero attached hydrogens (tertiary/aromatic N) is 3. The molecule has 3 rings (SSSR count). The van der Waals surface area contributed by atoms with E-state index in [0.717, 1.165) is 19.8 Å². The van der Waals surface area contributed by atoms with Crippen LogP contribution in [0.2, 0.25) is 5.02 Å². The predicted octanol–water partition coefficient (Wildman–Crippen LogP) is 7.51.